The number of fused-ring (bicyclic) bond motifs is 1. The molecule has 0 amide bonds. The van der Waals surface area contributed by atoms with Gasteiger partial charge in [-0.1, -0.05) is 11.6 Å². The number of imidazole rings is 1. The minimum atomic E-state index is 0.156. The van der Waals surface area contributed by atoms with Gasteiger partial charge in [0, 0.05) is 3.57 Å². The lowest BCUT2D eigenvalue weighted by atomic mass is 10.3. The Hall–Kier alpha value is -1.61. The van der Waals surface area contributed by atoms with Gasteiger partial charge in [-0.3, -0.25) is 0 Å². The largest absolute Gasteiger partial charge is 0.368 e. The molecule has 0 spiro atoms. The Morgan fingerprint density at radius 1 is 1.32 bits per heavy atom. The van der Waals surface area contributed by atoms with Gasteiger partial charge in [0.25, 0.3) is 0 Å². The smallest absolute Gasteiger partial charge is 0.224 e. The lowest BCUT2D eigenvalue weighted by molar-refractivity contribution is 1.21. The summed E-state index contributed by atoms with van der Waals surface area (Å²) in [5, 5.41) is 3.74. The van der Waals surface area contributed by atoms with E-state index in [1.54, 1.807) is 6.33 Å². The van der Waals surface area contributed by atoms with Crippen LogP contribution < -0.4 is 11.1 Å². The van der Waals surface area contributed by atoms with Gasteiger partial charge in [0.2, 0.25) is 5.95 Å². The average molecular weight is 387 g/mol. The fourth-order valence-corrected chi connectivity index (χ4v) is 2.56. The van der Waals surface area contributed by atoms with E-state index in [0.29, 0.717) is 22.0 Å². The molecule has 2 aromatic heterocycles. The zero-order chi connectivity index (χ0) is 13.4. The lowest BCUT2D eigenvalue weighted by Gasteiger charge is -2.08. The molecule has 0 bridgehead atoms. The second-order valence-electron chi connectivity index (χ2n) is 3.78. The number of hydrogen-bond acceptors (Lipinski definition) is 5. The van der Waals surface area contributed by atoms with Crippen LogP contribution in [0.1, 0.15) is 0 Å². The molecule has 0 aliphatic rings. The predicted molar refractivity (Wildman–Crippen MR) is 83.5 cm³/mol. The highest BCUT2D eigenvalue weighted by atomic mass is 127. The normalized spacial score (nSPS) is 10.8. The molecule has 19 heavy (non-hydrogen) atoms. The third-order valence-corrected chi connectivity index (χ3v) is 3.47. The molecule has 0 aliphatic heterocycles. The SMILES string of the molecule is Nc1nc(Nc2ccc(I)cc2Cl)c2[nH]cnc2n1. The number of nitrogens with one attached hydrogen (secondary N) is 2. The average Bonchev–Trinajstić information content (AvgIpc) is 2.80. The van der Waals surface area contributed by atoms with Crippen molar-refractivity contribution in [2.24, 2.45) is 0 Å². The molecule has 0 fully saturated rings. The Morgan fingerprint density at radius 3 is 2.95 bits per heavy atom. The van der Waals surface area contributed by atoms with Crippen LogP contribution in [0.15, 0.2) is 24.5 Å². The van der Waals surface area contributed by atoms with Crippen LogP contribution in [0.25, 0.3) is 11.2 Å². The van der Waals surface area contributed by atoms with Crippen molar-refractivity contribution < 1.29 is 0 Å². The van der Waals surface area contributed by atoms with Crippen molar-refractivity contribution in [2.45, 2.75) is 0 Å². The number of nitrogen functional groups attached to an aromatic ring is 1. The van der Waals surface area contributed by atoms with Gasteiger partial charge < -0.3 is 16.0 Å². The van der Waals surface area contributed by atoms with Crippen LogP contribution in [0.2, 0.25) is 5.02 Å². The Balaban J connectivity index is 2.07. The second kappa shape index (κ2) is 4.82. The number of aromatic nitrogens is 4. The highest BCUT2D eigenvalue weighted by molar-refractivity contribution is 14.1. The van der Waals surface area contributed by atoms with E-state index < -0.39 is 0 Å². The summed E-state index contributed by atoms with van der Waals surface area (Å²) in [5.41, 5.74) is 7.59. The highest BCUT2D eigenvalue weighted by Crippen LogP contribution is 2.28. The summed E-state index contributed by atoms with van der Waals surface area (Å²) >= 11 is 8.37. The topological polar surface area (TPSA) is 92.5 Å². The quantitative estimate of drug-likeness (QED) is 0.589. The third-order valence-electron chi connectivity index (χ3n) is 2.49. The summed E-state index contributed by atoms with van der Waals surface area (Å²) in [4.78, 5) is 15.2. The van der Waals surface area contributed by atoms with E-state index in [1.165, 1.54) is 0 Å². The molecule has 3 rings (SSSR count). The predicted octanol–water partition coefficient (Wildman–Crippen LogP) is 2.94. The minimum absolute atomic E-state index is 0.156. The van der Waals surface area contributed by atoms with Crippen molar-refractivity contribution in [1.29, 1.82) is 0 Å². The third kappa shape index (κ3) is 2.43. The minimum Gasteiger partial charge on any atom is -0.368 e. The molecule has 1 aromatic carbocycles. The van der Waals surface area contributed by atoms with Crippen molar-refractivity contribution in [3.8, 4) is 0 Å². The summed E-state index contributed by atoms with van der Waals surface area (Å²) in [5.74, 6) is 0.701. The van der Waals surface area contributed by atoms with Crippen molar-refractivity contribution in [3.05, 3.63) is 33.1 Å². The van der Waals surface area contributed by atoms with Crippen molar-refractivity contribution in [1.82, 2.24) is 19.9 Å². The van der Waals surface area contributed by atoms with E-state index in [0.717, 1.165) is 9.26 Å². The van der Waals surface area contributed by atoms with E-state index in [-0.39, 0.29) is 5.95 Å². The number of rotatable bonds is 2. The van der Waals surface area contributed by atoms with Crippen LogP contribution in [0.5, 0.6) is 0 Å². The first kappa shape index (κ1) is 12.4. The maximum atomic E-state index is 6.18. The van der Waals surface area contributed by atoms with Gasteiger partial charge in [0.05, 0.1) is 17.0 Å². The molecule has 0 saturated carbocycles. The van der Waals surface area contributed by atoms with Gasteiger partial charge in [0.15, 0.2) is 11.5 Å². The van der Waals surface area contributed by atoms with E-state index in [1.807, 2.05) is 18.2 Å². The maximum absolute atomic E-state index is 6.18. The van der Waals surface area contributed by atoms with Crippen LogP contribution in [-0.2, 0) is 0 Å². The van der Waals surface area contributed by atoms with E-state index >= 15 is 0 Å². The number of halogens is 2. The molecule has 0 unspecified atom stereocenters. The van der Waals surface area contributed by atoms with Crippen LogP contribution in [0.3, 0.4) is 0 Å². The Morgan fingerprint density at radius 2 is 2.16 bits per heavy atom. The summed E-state index contributed by atoms with van der Waals surface area (Å²) in [7, 11) is 0. The van der Waals surface area contributed by atoms with Gasteiger partial charge in [0.1, 0.15) is 5.52 Å². The van der Waals surface area contributed by atoms with Gasteiger partial charge in [-0.15, -0.1) is 0 Å². The number of nitrogens with zero attached hydrogens (tertiary/aromatic N) is 3. The number of anilines is 3. The molecule has 3 aromatic rings. The van der Waals surface area contributed by atoms with Crippen molar-refractivity contribution in [3.63, 3.8) is 0 Å². The Bertz CT molecular complexity index is 756. The molecule has 96 valence electrons. The fourth-order valence-electron chi connectivity index (χ4n) is 1.66. The Labute approximate surface area is 126 Å². The fraction of sp³-hybridized carbons (Fsp3) is 0. The van der Waals surface area contributed by atoms with Crippen LogP contribution in [-0.4, -0.2) is 19.9 Å². The van der Waals surface area contributed by atoms with Gasteiger partial charge >= 0.3 is 0 Å². The first-order chi connectivity index (χ1) is 9.13. The zero-order valence-electron chi connectivity index (χ0n) is 9.48. The second-order valence-corrected chi connectivity index (χ2v) is 5.43. The molecular weight excluding hydrogens is 379 g/mol. The monoisotopic (exact) mass is 386 g/mol. The summed E-state index contributed by atoms with van der Waals surface area (Å²) in [6.45, 7) is 0. The van der Waals surface area contributed by atoms with Gasteiger partial charge in [-0.25, -0.2) is 4.98 Å². The number of nitrogens with two attached hydrogens (primary N) is 1. The molecule has 0 aliphatic carbocycles. The summed E-state index contributed by atoms with van der Waals surface area (Å²) in [6.07, 6.45) is 1.54. The van der Waals surface area contributed by atoms with Crippen LogP contribution >= 0.6 is 34.2 Å². The van der Waals surface area contributed by atoms with Crippen LogP contribution in [0.4, 0.5) is 17.5 Å². The molecule has 0 radical (unpaired) electrons. The Kier molecular flexibility index (Phi) is 3.15. The first-order valence-electron chi connectivity index (χ1n) is 5.32. The van der Waals surface area contributed by atoms with E-state index in [2.05, 4.69) is 47.8 Å². The molecular formula is C11H8ClIN6. The zero-order valence-corrected chi connectivity index (χ0v) is 12.4. The molecule has 6 nitrogen and oxygen atoms in total. The van der Waals surface area contributed by atoms with Crippen molar-refractivity contribution >= 4 is 62.8 Å². The molecule has 0 atom stereocenters. The van der Waals surface area contributed by atoms with Gasteiger partial charge in [-0.2, -0.15) is 9.97 Å². The highest BCUT2D eigenvalue weighted by Gasteiger charge is 2.10. The van der Waals surface area contributed by atoms with Crippen LogP contribution in [0, 0.1) is 3.57 Å². The van der Waals surface area contributed by atoms with Gasteiger partial charge in [-0.05, 0) is 40.8 Å². The maximum Gasteiger partial charge on any atom is 0.224 e. The molecule has 8 heteroatoms. The number of aromatic amines is 1. The van der Waals surface area contributed by atoms with Crippen molar-refractivity contribution in [2.75, 3.05) is 11.1 Å². The molecule has 4 N–H and O–H groups in total. The summed E-state index contributed by atoms with van der Waals surface area (Å²) in [6, 6.07) is 5.69. The first-order valence-corrected chi connectivity index (χ1v) is 6.78. The lowest BCUT2D eigenvalue weighted by Crippen LogP contribution is -2.01. The summed E-state index contributed by atoms with van der Waals surface area (Å²) < 4.78 is 1.06. The molecule has 0 saturated heterocycles. The standard InChI is InChI=1S/C11H8ClIN6/c12-6-3-5(13)1-2-7(6)17-10-8-9(16-4-15-8)18-11(14)19-10/h1-4H,(H4,14,15,16,17,18,19). The van der Waals surface area contributed by atoms with E-state index in [4.69, 9.17) is 17.3 Å². The number of benzene rings is 1. The van der Waals surface area contributed by atoms with E-state index in [9.17, 15) is 0 Å². The molecule has 2 heterocycles. The number of H-pyrrole nitrogens is 1. The number of hydrogen-bond donors (Lipinski definition) is 3.